The number of para-hydroxylation sites is 1. The molecule has 0 aliphatic carbocycles. The standard InChI is InChI=1S/C17H15N3OS/c1-11-19-14-10-6-5-9-13(14)17(20-11)22-15(16(18)21)12-7-3-2-4-8-12/h2-10,15H,1H3,(H2,18,21). The van der Waals surface area contributed by atoms with Crippen LogP contribution in [0.5, 0.6) is 0 Å². The highest BCUT2D eigenvalue weighted by atomic mass is 32.2. The van der Waals surface area contributed by atoms with Gasteiger partial charge in [-0.25, -0.2) is 9.97 Å². The molecule has 1 aromatic heterocycles. The summed E-state index contributed by atoms with van der Waals surface area (Å²) in [4.78, 5) is 20.8. The average Bonchev–Trinajstić information content (AvgIpc) is 2.52. The Morgan fingerprint density at radius 2 is 1.73 bits per heavy atom. The summed E-state index contributed by atoms with van der Waals surface area (Å²) < 4.78 is 0. The van der Waals surface area contributed by atoms with Gasteiger partial charge in [-0.05, 0) is 18.6 Å². The quantitative estimate of drug-likeness (QED) is 0.593. The molecule has 0 spiro atoms. The molecule has 1 unspecified atom stereocenters. The molecule has 22 heavy (non-hydrogen) atoms. The summed E-state index contributed by atoms with van der Waals surface area (Å²) in [7, 11) is 0. The van der Waals surface area contributed by atoms with Gasteiger partial charge >= 0.3 is 0 Å². The van der Waals surface area contributed by atoms with Gasteiger partial charge in [-0.15, -0.1) is 0 Å². The number of carbonyl (C=O) groups is 1. The first-order valence-corrected chi connectivity index (χ1v) is 7.77. The molecule has 1 heterocycles. The first-order chi connectivity index (χ1) is 10.6. The highest BCUT2D eigenvalue weighted by Gasteiger charge is 2.21. The SMILES string of the molecule is Cc1nc(SC(C(N)=O)c2ccccc2)c2ccccc2n1. The Morgan fingerprint density at radius 3 is 2.45 bits per heavy atom. The smallest absolute Gasteiger partial charge is 0.235 e. The summed E-state index contributed by atoms with van der Waals surface area (Å²) >= 11 is 1.37. The van der Waals surface area contributed by atoms with Crippen molar-refractivity contribution in [3.63, 3.8) is 0 Å². The highest BCUT2D eigenvalue weighted by Crippen LogP contribution is 2.37. The third-order valence-corrected chi connectivity index (χ3v) is 4.54. The number of fused-ring (bicyclic) bond motifs is 1. The van der Waals surface area contributed by atoms with Gasteiger partial charge in [0.05, 0.1) is 5.52 Å². The van der Waals surface area contributed by atoms with Gasteiger partial charge in [0.25, 0.3) is 0 Å². The van der Waals surface area contributed by atoms with E-state index < -0.39 is 5.25 Å². The molecule has 0 saturated heterocycles. The Bertz CT molecular complexity index is 821. The predicted octanol–water partition coefficient (Wildman–Crippen LogP) is 3.26. The first kappa shape index (κ1) is 14.5. The zero-order valence-electron chi connectivity index (χ0n) is 12.1. The first-order valence-electron chi connectivity index (χ1n) is 6.89. The molecule has 0 aliphatic rings. The summed E-state index contributed by atoms with van der Waals surface area (Å²) in [6.07, 6.45) is 0. The maximum absolute atomic E-state index is 11.9. The van der Waals surface area contributed by atoms with Crippen molar-refractivity contribution in [3.05, 3.63) is 66.0 Å². The lowest BCUT2D eigenvalue weighted by molar-refractivity contribution is -0.117. The van der Waals surface area contributed by atoms with Crippen LogP contribution in [0.2, 0.25) is 0 Å². The monoisotopic (exact) mass is 309 g/mol. The van der Waals surface area contributed by atoms with E-state index in [9.17, 15) is 4.79 Å². The fourth-order valence-corrected chi connectivity index (χ4v) is 3.40. The van der Waals surface area contributed by atoms with E-state index in [2.05, 4.69) is 9.97 Å². The van der Waals surface area contributed by atoms with E-state index in [-0.39, 0.29) is 5.91 Å². The molecular formula is C17H15N3OS. The van der Waals surface area contributed by atoms with Crippen LogP contribution in [0.3, 0.4) is 0 Å². The van der Waals surface area contributed by atoms with Gasteiger partial charge in [0, 0.05) is 5.39 Å². The van der Waals surface area contributed by atoms with Crippen molar-refractivity contribution < 1.29 is 4.79 Å². The van der Waals surface area contributed by atoms with Crippen LogP contribution in [0.25, 0.3) is 10.9 Å². The topological polar surface area (TPSA) is 68.9 Å². The van der Waals surface area contributed by atoms with E-state index in [1.54, 1.807) is 0 Å². The minimum atomic E-state index is -0.473. The van der Waals surface area contributed by atoms with Gasteiger partial charge in [0.15, 0.2) is 0 Å². The maximum Gasteiger partial charge on any atom is 0.235 e. The molecule has 2 aromatic carbocycles. The number of hydrogen-bond donors (Lipinski definition) is 1. The van der Waals surface area contributed by atoms with Crippen molar-refractivity contribution in [3.8, 4) is 0 Å². The van der Waals surface area contributed by atoms with Crippen LogP contribution in [0, 0.1) is 6.92 Å². The summed E-state index contributed by atoms with van der Waals surface area (Å²) in [6.45, 7) is 1.85. The van der Waals surface area contributed by atoms with Gasteiger partial charge in [0.2, 0.25) is 5.91 Å². The Hall–Kier alpha value is -2.40. The number of primary amides is 1. The van der Waals surface area contributed by atoms with Gasteiger partial charge in [-0.2, -0.15) is 0 Å². The summed E-state index contributed by atoms with van der Waals surface area (Å²) in [5.74, 6) is 0.300. The number of nitrogens with zero attached hydrogens (tertiary/aromatic N) is 2. The normalized spacial score (nSPS) is 12.2. The van der Waals surface area contributed by atoms with Crippen molar-refractivity contribution in [2.24, 2.45) is 5.73 Å². The number of aryl methyl sites for hydroxylation is 1. The summed E-state index contributed by atoms with van der Waals surface area (Å²) in [6, 6.07) is 17.3. The van der Waals surface area contributed by atoms with Gasteiger partial charge in [-0.1, -0.05) is 60.3 Å². The molecule has 3 rings (SSSR count). The van der Waals surface area contributed by atoms with E-state index in [0.717, 1.165) is 21.5 Å². The number of amides is 1. The summed E-state index contributed by atoms with van der Waals surface area (Å²) in [5, 5.41) is 1.23. The Balaban J connectivity index is 2.06. The lowest BCUT2D eigenvalue weighted by Gasteiger charge is -2.14. The highest BCUT2D eigenvalue weighted by molar-refractivity contribution is 8.00. The molecule has 1 atom stereocenters. The van der Waals surface area contributed by atoms with E-state index in [0.29, 0.717) is 5.82 Å². The molecule has 0 bridgehead atoms. The minimum Gasteiger partial charge on any atom is -0.368 e. The molecule has 0 aliphatic heterocycles. The summed E-state index contributed by atoms with van der Waals surface area (Å²) in [5.41, 5.74) is 7.34. The largest absolute Gasteiger partial charge is 0.368 e. The van der Waals surface area contributed by atoms with Crippen LogP contribution < -0.4 is 5.73 Å². The second-order valence-electron chi connectivity index (χ2n) is 4.90. The van der Waals surface area contributed by atoms with Crippen LogP contribution >= 0.6 is 11.8 Å². The van der Waals surface area contributed by atoms with Crippen LogP contribution in [-0.2, 0) is 4.79 Å². The number of nitrogens with two attached hydrogens (primary N) is 1. The van der Waals surface area contributed by atoms with Crippen LogP contribution in [0.1, 0.15) is 16.6 Å². The number of aromatic nitrogens is 2. The molecule has 5 heteroatoms. The fraction of sp³-hybridized carbons (Fsp3) is 0.118. The van der Waals surface area contributed by atoms with E-state index in [4.69, 9.17) is 5.73 Å². The van der Waals surface area contributed by atoms with Crippen molar-refractivity contribution in [2.45, 2.75) is 17.2 Å². The zero-order chi connectivity index (χ0) is 15.5. The number of benzene rings is 2. The van der Waals surface area contributed by atoms with Crippen molar-refractivity contribution in [1.29, 1.82) is 0 Å². The molecule has 110 valence electrons. The van der Waals surface area contributed by atoms with E-state index >= 15 is 0 Å². The maximum atomic E-state index is 11.9. The molecule has 3 aromatic rings. The predicted molar refractivity (Wildman–Crippen MR) is 88.5 cm³/mol. The molecule has 2 N–H and O–H groups in total. The fourth-order valence-electron chi connectivity index (χ4n) is 2.28. The Labute approximate surface area is 132 Å². The zero-order valence-corrected chi connectivity index (χ0v) is 12.9. The molecule has 0 fully saturated rings. The minimum absolute atomic E-state index is 0.378. The molecule has 1 amide bonds. The van der Waals surface area contributed by atoms with Crippen LogP contribution in [-0.4, -0.2) is 15.9 Å². The lowest BCUT2D eigenvalue weighted by Crippen LogP contribution is -2.19. The van der Waals surface area contributed by atoms with Crippen molar-refractivity contribution in [2.75, 3.05) is 0 Å². The van der Waals surface area contributed by atoms with Crippen molar-refractivity contribution >= 4 is 28.6 Å². The lowest BCUT2D eigenvalue weighted by atomic mass is 10.1. The Kier molecular flexibility index (Phi) is 4.06. The van der Waals surface area contributed by atoms with Crippen molar-refractivity contribution in [1.82, 2.24) is 9.97 Å². The average molecular weight is 309 g/mol. The van der Waals surface area contributed by atoms with E-state index in [1.165, 1.54) is 11.8 Å². The van der Waals surface area contributed by atoms with E-state index in [1.807, 2.05) is 61.5 Å². The van der Waals surface area contributed by atoms with Gasteiger partial charge < -0.3 is 5.73 Å². The third-order valence-electron chi connectivity index (χ3n) is 3.27. The number of carbonyl (C=O) groups excluding carboxylic acids is 1. The second kappa shape index (κ2) is 6.15. The van der Waals surface area contributed by atoms with Gasteiger partial charge in [-0.3, -0.25) is 4.79 Å². The van der Waals surface area contributed by atoms with Crippen LogP contribution in [0.4, 0.5) is 0 Å². The number of thioether (sulfide) groups is 1. The molecule has 0 saturated carbocycles. The molecule has 0 radical (unpaired) electrons. The van der Waals surface area contributed by atoms with Gasteiger partial charge in [0.1, 0.15) is 16.1 Å². The Morgan fingerprint density at radius 1 is 1.05 bits per heavy atom. The second-order valence-corrected chi connectivity index (χ2v) is 6.00. The molecular weight excluding hydrogens is 294 g/mol. The van der Waals surface area contributed by atoms with Crippen LogP contribution in [0.15, 0.2) is 59.6 Å². The molecule has 4 nitrogen and oxygen atoms in total. The number of rotatable bonds is 4. The number of hydrogen-bond acceptors (Lipinski definition) is 4. The third kappa shape index (κ3) is 2.94.